The fourth-order valence-electron chi connectivity index (χ4n) is 3.82. The lowest BCUT2D eigenvalue weighted by atomic mass is 10.0. The van der Waals surface area contributed by atoms with Crippen molar-refractivity contribution in [3.05, 3.63) is 24.3 Å². The summed E-state index contributed by atoms with van der Waals surface area (Å²) in [6.07, 6.45) is 27.8. The number of quaternary nitrogens is 1. The fourth-order valence-corrected chi connectivity index (χ4v) is 3.82. The van der Waals surface area contributed by atoms with E-state index in [0.29, 0.717) is 5.92 Å². The summed E-state index contributed by atoms with van der Waals surface area (Å²) in [5.41, 5.74) is 0. The standard InChI is InChI=1S/C23H44N/c1-4-5-6-7-8-9-10-11-12-13-14-15-18-21-24(2,3)22-23-19-16-17-20-23/h16-17,19-20,23H,4-15,18,21-22H2,1-3H3/q+1. The first kappa shape index (κ1) is 21.5. The molecule has 0 unspecified atom stereocenters. The molecule has 0 heterocycles. The predicted octanol–water partition coefficient (Wildman–Crippen LogP) is 6.90. The van der Waals surface area contributed by atoms with Gasteiger partial charge >= 0.3 is 0 Å². The van der Waals surface area contributed by atoms with Gasteiger partial charge in [0, 0.05) is 5.92 Å². The molecular formula is C23H44N+. The van der Waals surface area contributed by atoms with E-state index in [1.165, 1.54) is 96.6 Å². The zero-order valence-corrected chi connectivity index (χ0v) is 16.9. The highest BCUT2D eigenvalue weighted by molar-refractivity contribution is 5.17. The van der Waals surface area contributed by atoms with Crippen LogP contribution in [0, 0.1) is 5.92 Å². The normalized spacial score (nSPS) is 14.8. The first-order valence-electron chi connectivity index (χ1n) is 10.8. The molecule has 0 saturated carbocycles. The van der Waals surface area contributed by atoms with E-state index >= 15 is 0 Å². The minimum atomic E-state index is 0.668. The first-order chi connectivity index (χ1) is 11.6. The summed E-state index contributed by atoms with van der Waals surface area (Å²) in [4.78, 5) is 0. The van der Waals surface area contributed by atoms with Crippen LogP contribution in [-0.4, -0.2) is 31.7 Å². The summed E-state index contributed by atoms with van der Waals surface area (Å²) in [5.74, 6) is 0.668. The van der Waals surface area contributed by atoms with Gasteiger partial charge in [-0.3, -0.25) is 0 Å². The predicted molar refractivity (Wildman–Crippen MR) is 109 cm³/mol. The Hall–Kier alpha value is -0.560. The van der Waals surface area contributed by atoms with Gasteiger partial charge in [-0.05, 0) is 12.8 Å². The van der Waals surface area contributed by atoms with Gasteiger partial charge in [0.15, 0.2) is 0 Å². The average Bonchev–Trinajstić information content (AvgIpc) is 3.04. The maximum absolute atomic E-state index is 2.39. The molecule has 0 spiro atoms. The molecular weight excluding hydrogens is 290 g/mol. The second-order valence-electron chi connectivity index (χ2n) is 8.52. The van der Waals surface area contributed by atoms with Gasteiger partial charge in [-0.2, -0.15) is 0 Å². The van der Waals surface area contributed by atoms with Crippen molar-refractivity contribution in [2.45, 2.75) is 90.4 Å². The largest absolute Gasteiger partial charge is 0.328 e. The Bertz CT molecular complexity index is 328. The number of unbranched alkanes of at least 4 members (excludes halogenated alkanes) is 12. The van der Waals surface area contributed by atoms with Gasteiger partial charge in [0.05, 0.1) is 27.2 Å². The van der Waals surface area contributed by atoms with Gasteiger partial charge in [-0.15, -0.1) is 0 Å². The van der Waals surface area contributed by atoms with Crippen molar-refractivity contribution in [1.29, 1.82) is 0 Å². The van der Waals surface area contributed by atoms with Crippen LogP contribution in [0.3, 0.4) is 0 Å². The summed E-state index contributed by atoms with van der Waals surface area (Å²) < 4.78 is 1.16. The third-order valence-electron chi connectivity index (χ3n) is 5.40. The highest BCUT2D eigenvalue weighted by atomic mass is 15.3. The van der Waals surface area contributed by atoms with Gasteiger partial charge in [0.25, 0.3) is 0 Å². The smallest absolute Gasteiger partial charge is 0.0881 e. The molecule has 0 aromatic heterocycles. The molecule has 0 radical (unpaired) electrons. The van der Waals surface area contributed by atoms with Crippen molar-refractivity contribution < 1.29 is 4.48 Å². The van der Waals surface area contributed by atoms with Crippen LogP contribution in [0.1, 0.15) is 90.4 Å². The Morgan fingerprint density at radius 1 is 0.625 bits per heavy atom. The van der Waals surface area contributed by atoms with Crippen LogP contribution in [0.4, 0.5) is 0 Å². The van der Waals surface area contributed by atoms with Crippen LogP contribution in [0.25, 0.3) is 0 Å². The van der Waals surface area contributed by atoms with Crippen LogP contribution >= 0.6 is 0 Å². The van der Waals surface area contributed by atoms with Gasteiger partial charge in [0.1, 0.15) is 0 Å². The second-order valence-corrected chi connectivity index (χ2v) is 8.52. The zero-order valence-electron chi connectivity index (χ0n) is 16.9. The Morgan fingerprint density at radius 2 is 1.04 bits per heavy atom. The number of rotatable bonds is 16. The number of allylic oxidation sites excluding steroid dienone is 2. The van der Waals surface area contributed by atoms with Crippen molar-refractivity contribution in [1.82, 2.24) is 0 Å². The monoisotopic (exact) mass is 334 g/mol. The van der Waals surface area contributed by atoms with Crippen LogP contribution in [0.15, 0.2) is 24.3 Å². The second kappa shape index (κ2) is 13.7. The van der Waals surface area contributed by atoms with Crippen LogP contribution in [0.2, 0.25) is 0 Å². The Labute approximate surface area is 152 Å². The molecule has 1 heteroatoms. The molecule has 140 valence electrons. The van der Waals surface area contributed by atoms with E-state index in [9.17, 15) is 0 Å². The van der Waals surface area contributed by atoms with Gasteiger partial charge in [0.2, 0.25) is 0 Å². The van der Waals surface area contributed by atoms with E-state index in [2.05, 4.69) is 45.3 Å². The van der Waals surface area contributed by atoms with E-state index < -0.39 is 0 Å². The highest BCUT2D eigenvalue weighted by Crippen LogP contribution is 2.16. The number of hydrogen-bond donors (Lipinski definition) is 0. The number of hydrogen-bond acceptors (Lipinski definition) is 0. The minimum Gasteiger partial charge on any atom is -0.328 e. The fraction of sp³-hybridized carbons (Fsp3) is 0.826. The molecule has 1 aliphatic rings. The van der Waals surface area contributed by atoms with Gasteiger partial charge < -0.3 is 4.48 Å². The summed E-state index contributed by atoms with van der Waals surface area (Å²) in [5, 5.41) is 0. The molecule has 0 bridgehead atoms. The first-order valence-corrected chi connectivity index (χ1v) is 10.8. The summed E-state index contributed by atoms with van der Waals surface area (Å²) in [6.45, 7) is 4.88. The molecule has 0 aromatic rings. The van der Waals surface area contributed by atoms with Crippen LogP contribution < -0.4 is 0 Å². The summed E-state index contributed by atoms with van der Waals surface area (Å²) in [7, 11) is 4.78. The molecule has 0 saturated heterocycles. The van der Waals surface area contributed by atoms with Crippen molar-refractivity contribution in [3.8, 4) is 0 Å². The molecule has 1 rings (SSSR count). The molecule has 0 aliphatic heterocycles. The molecule has 0 fully saturated rings. The van der Waals surface area contributed by atoms with Crippen LogP contribution in [-0.2, 0) is 0 Å². The Kier molecular flexibility index (Phi) is 12.3. The topological polar surface area (TPSA) is 0 Å². The molecule has 0 aromatic carbocycles. The number of nitrogens with zero attached hydrogens (tertiary/aromatic N) is 1. The van der Waals surface area contributed by atoms with Gasteiger partial charge in [-0.25, -0.2) is 0 Å². The van der Waals surface area contributed by atoms with E-state index in [0.717, 1.165) is 4.48 Å². The van der Waals surface area contributed by atoms with Crippen molar-refractivity contribution >= 4 is 0 Å². The van der Waals surface area contributed by atoms with Crippen molar-refractivity contribution in [3.63, 3.8) is 0 Å². The van der Waals surface area contributed by atoms with E-state index in [1.54, 1.807) is 0 Å². The van der Waals surface area contributed by atoms with Crippen molar-refractivity contribution in [2.75, 3.05) is 27.2 Å². The molecule has 0 amide bonds. The van der Waals surface area contributed by atoms with E-state index in [-0.39, 0.29) is 0 Å². The minimum absolute atomic E-state index is 0.668. The Balaban J connectivity index is 1.83. The molecule has 0 atom stereocenters. The van der Waals surface area contributed by atoms with Crippen molar-refractivity contribution in [2.24, 2.45) is 5.92 Å². The SMILES string of the molecule is CCCCCCCCCCCCCCC[N+](C)(C)CC1C=CC=C1. The molecule has 0 N–H and O–H groups in total. The maximum Gasteiger partial charge on any atom is 0.0881 e. The summed E-state index contributed by atoms with van der Waals surface area (Å²) >= 11 is 0. The van der Waals surface area contributed by atoms with E-state index in [1.807, 2.05) is 0 Å². The zero-order chi connectivity index (χ0) is 17.5. The van der Waals surface area contributed by atoms with Crippen LogP contribution in [0.5, 0.6) is 0 Å². The Morgan fingerprint density at radius 3 is 1.50 bits per heavy atom. The summed E-state index contributed by atoms with van der Waals surface area (Å²) in [6, 6.07) is 0. The lowest BCUT2D eigenvalue weighted by molar-refractivity contribution is -0.892. The lowest BCUT2D eigenvalue weighted by Crippen LogP contribution is -2.43. The maximum atomic E-state index is 2.39. The van der Waals surface area contributed by atoms with E-state index in [4.69, 9.17) is 0 Å². The third-order valence-corrected chi connectivity index (χ3v) is 5.40. The van der Waals surface area contributed by atoms with Gasteiger partial charge in [-0.1, -0.05) is 102 Å². The molecule has 1 nitrogen and oxygen atoms in total. The highest BCUT2D eigenvalue weighted by Gasteiger charge is 2.19. The molecule has 1 aliphatic carbocycles. The lowest BCUT2D eigenvalue weighted by Gasteiger charge is -2.31. The average molecular weight is 335 g/mol. The molecule has 24 heavy (non-hydrogen) atoms. The third kappa shape index (κ3) is 11.9. The quantitative estimate of drug-likeness (QED) is 0.213.